The Bertz CT molecular complexity index is 240. The van der Waals surface area contributed by atoms with E-state index in [2.05, 4.69) is 12.2 Å². The van der Waals surface area contributed by atoms with Gasteiger partial charge in [0.25, 0.3) is 0 Å². The quantitative estimate of drug-likeness (QED) is 0.277. The van der Waals surface area contributed by atoms with E-state index < -0.39 is 0 Å². The van der Waals surface area contributed by atoms with Crippen LogP contribution in [0.4, 0.5) is 0 Å². The zero-order valence-electron chi connectivity index (χ0n) is 16.1. The Kier molecular flexibility index (Phi) is 19.1. The Hall–Kier alpha value is -0.530. The summed E-state index contributed by atoms with van der Waals surface area (Å²) in [5.74, 6) is 0.186. The molecule has 0 aliphatic carbocycles. The van der Waals surface area contributed by atoms with Crippen LogP contribution in [0.1, 0.15) is 123 Å². The first-order chi connectivity index (χ1) is 11.3. The van der Waals surface area contributed by atoms with Crippen LogP contribution < -0.4 is 5.32 Å². The molecule has 23 heavy (non-hydrogen) atoms. The number of rotatable bonds is 18. The van der Waals surface area contributed by atoms with Gasteiger partial charge in [-0.3, -0.25) is 4.79 Å². The maximum atomic E-state index is 11.1. The number of hydrogen-bond donors (Lipinski definition) is 1. The van der Waals surface area contributed by atoms with Crippen LogP contribution in [-0.4, -0.2) is 12.5 Å². The summed E-state index contributed by atoms with van der Waals surface area (Å²) in [6, 6.07) is 0. The molecular formula is C21H43NO. The molecule has 0 atom stereocenters. The highest BCUT2D eigenvalue weighted by atomic mass is 16.1. The number of amides is 1. The zero-order valence-corrected chi connectivity index (χ0v) is 16.1. The average molecular weight is 326 g/mol. The van der Waals surface area contributed by atoms with Gasteiger partial charge in [-0.05, 0) is 6.42 Å². The maximum Gasteiger partial charge on any atom is 0.219 e. The molecular weight excluding hydrogens is 282 g/mol. The molecule has 0 aromatic heterocycles. The van der Waals surface area contributed by atoms with Gasteiger partial charge in [0, 0.05) is 13.0 Å². The van der Waals surface area contributed by atoms with Crippen molar-refractivity contribution in [2.24, 2.45) is 0 Å². The molecule has 0 saturated heterocycles. The minimum Gasteiger partial charge on any atom is -0.356 e. The lowest BCUT2D eigenvalue weighted by Crippen LogP contribution is -2.23. The van der Waals surface area contributed by atoms with Crippen molar-refractivity contribution >= 4 is 5.91 Å². The van der Waals surface area contributed by atoms with Gasteiger partial charge < -0.3 is 5.32 Å². The van der Waals surface area contributed by atoms with Gasteiger partial charge in [-0.25, -0.2) is 0 Å². The molecule has 2 nitrogen and oxygen atoms in total. The standard InChI is InChI=1S/C21H43NO/c1-3-5-6-7-8-9-10-11-12-13-14-15-16-17-18-19-20-22-21(23)4-2/h3-20H2,1-2H3,(H,22,23). The molecule has 0 heterocycles. The number of carbonyl (C=O) groups is 1. The smallest absolute Gasteiger partial charge is 0.219 e. The van der Waals surface area contributed by atoms with E-state index in [-0.39, 0.29) is 5.91 Å². The second-order valence-corrected chi connectivity index (χ2v) is 7.01. The zero-order chi connectivity index (χ0) is 17.0. The normalized spacial score (nSPS) is 10.9. The first-order valence-electron chi connectivity index (χ1n) is 10.6. The lowest BCUT2D eigenvalue weighted by molar-refractivity contribution is -0.120. The Morgan fingerprint density at radius 1 is 0.565 bits per heavy atom. The predicted octanol–water partition coefficient (Wildman–Crippen LogP) is 6.77. The lowest BCUT2D eigenvalue weighted by atomic mass is 10.0. The van der Waals surface area contributed by atoms with E-state index in [9.17, 15) is 4.79 Å². The third-order valence-corrected chi connectivity index (χ3v) is 4.67. The summed E-state index contributed by atoms with van der Waals surface area (Å²) >= 11 is 0. The van der Waals surface area contributed by atoms with E-state index in [1.54, 1.807) is 0 Å². The largest absolute Gasteiger partial charge is 0.356 e. The van der Waals surface area contributed by atoms with Crippen LogP contribution in [0.25, 0.3) is 0 Å². The van der Waals surface area contributed by atoms with E-state index in [4.69, 9.17) is 0 Å². The molecule has 0 radical (unpaired) electrons. The van der Waals surface area contributed by atoms with Gasteiger partial charge in [-0.1, -0.05) is 110 Å². The van der Waals surface area contributed by atoms with Crippen molar-refractivity contribution in [1.29, 1.82) is 0 Å². The summed E-state index contributed by atoms with van der Waals surface area (Å²) in [7, 11) is 0. The first kappa shape index (κ1) is 22.5. The molecule has 0 unspecified atom stereocenters. The summed E-state index contributed by atoms with van der Waals surface area (Å²) in [6.45, 7) is 5.06. The molecule has 0 aliphatic rings. The highest BCUT2D eigenvalue weighted by Crippen LogP contribution is 2.13. The van der Waals surface area contributed by atoms with Crippen molar-refractivity contribution in [1.82, 2.24) is 5.32 Å². The molecule has 0 aliphatic heterocycles. The van der Waals surface area contributed by atoms with E-state index >= 15 is 0 Å². The fourth-order valence-corrected chi connectivity index (χ4v) is 3.03. The Labute approximate surface area is 146 Å². The number of unbranched alkanes of at least 4 members (excludes halogenated alkanes) is 15. The maximum absolute atomic E-state index is 11.1. The van der Waals surface area contributed by atoms with E-state index in [0.29, 0.717) is 6.42 Å². The van der Waals surface area contributed by atoms with Crippen molar-refractivity contribution in [3.05, 3.63) is 0 Å². The molecule has 0 saturated carbocycles. The van der Waals surface area contributed by atoms with Crippen LogP contribution in [0.2, 0.25) is 0 Å². The highest BCUT2D eigenvalue weighted by molar-refractivity contribution is 5.75. The molecule has 0 aromatic carbocycles. The summed E-state index contributed by atoms with van der Waals surface area (Å²) < 4.78 is 0. The van der Waals surface area contributed by atoms with E-state index in [0.717, 1.165) is 13.0 Å². The molecule has 2 heteroatoms. The van der Waals surface area contributed by atoms with Gasteiger partial charge in [-0.2, -0.15) is 0 Å². The van der Waals surface area contributed by atoms with Crippen molar-refractivity contribution in [3.8, 4) is 0 Å². The predicted molar refractivity (Wildman–Crippen MR) is 103 cm³/mol. The molecule has 0 bridgehead atoms. The van der Waals surface area contributed by atoms with Crippen LogP contribution in [0.15, 0.2) is 0 Å². The molecule has 1 amide bonds. The number of carbonyl (C=O) groups excluding carboxylic acids is 1. The summed E-state index contributed by atoms with van der Waals surface area (Å²) in [4.78, 5) is 11.1. The Morgan fingerprint density at radius 3 is 1.26 bits per heavy atom. The SMILES string of the molecule is CCCCCCCCCCCCCCCCCCNC(=O)CC. The number of nitrogens with one attached hydrogen (secondary N) is 1. The van der Waals surface area contributed by atoms with Gasteiger partial charge in [-0.15, -0.1) is 0 Å². The third-order valence-electron chi connectivity index (χ3n) is 4.67. The first-order valence-corrected chi connectivity index (χ1v) is 10.6. The Balaban J connectivity index is 2.99. The van der Waals surface area contributed by atoms with E-state index in [1.807, 2.05) is 6.92 Å². The van der Waals surface area contributed by atoms with Gasteiger partial charge in [0.2, 0.25) is 5.91 Å². The van der Waals surface area contributed by atoms with Crippen LogP contribution in [0.3, 0.4) is 0 Å². The van der Waals surface area contributed by atoms with Gasteiger partial charge >= 0.3 is 0 Å². The molecule has 0 spiro atoms. The van der Waals surface area contributed by atoms with Crippen molar-refractivity contribution in [2.45, 2.75) is 123 Å². The second kappa shape index (κ2) is 19.5. The number of hydrogen-bond acceptors (Lipinski definition) is 1. The molecule has 0 aromatic rings. The lowest BCUT2D eigenvalue weighted by Gasteiger charge is -2.04. The summed E-state index contributed by atoms with van der Waals surface area (Å²) in [5, 5.41) is 2.94. The van der Waals surface area contributed by atoms with Crippen LogP contribution in [0, 0.1) is 0 Å². The average Bonchev–Trinajstić information content (AvgIpc) is 2.57. The van der Waals surface area contributed by atoms with E-state index in [1.165, 1.54) is 96.3 Å². The Morgan fingerprint density at radius 2 is 0.913 bits per heavy atom. The van der Waals surface area contributed by atoms with Crippen molar-refractivity contribution in [2.75, 3.05) is 6.54 Å². The molecule has 0 rings (SSSR count). The fraction of sp³-hybridized carbons (Fsp3) is 0.952. The van der Waals surface area contributed by atoms with Crippen LogP contribution in [0.5, 0.6) is 0 Å². The van der Waals surface area contributed by atoms with Crippen molar-refractivity contribution < 1.29 is 4.79 Å². The van der Waals surface area contributed by atoms with Crippen molar-refractivity contribution in [3.63, 3.8) is 0 Å². The van der Waals surface area contributed by atoms with Gasteiger partial charge in [0.1, 0.15) is 0 Å². The topological polar surface area (TPSA) is 29.1 Å². The highest BCUT2D eigenvalue weighted by Gasteiger charge is 1.96. The molecule has 1 N–H and O–H groups in total. The summed E-state index contributed by atoms with van der Waals surface area (Å²) in [5.41, 5.74) is 0. The minimum atomic E-state index is 0.186. The van der Waals surface area contributed by atoms with Gasteiger partial charge in [0.15, 0.2) is 0 Å². The third kappa shape index (κ3) is 19.4. The molecule has 138 valence electrons. The monoisotopic (exact) mass is 325 g/mol. The second-order valence-electron chi connectivity index (χ2n) is 7.01. The van der Waals surface area contributed by atoms with Crippen LogP contribution in [-0.2, 0) is 4.79 Å². The summed E-state index contributed by atoms with van der Waals surface area (Å²) in [6.07, 6.45) is 22.9. The molecule has 0 fully saturated rings. The van der Waals surface area contributed by atoms with Gasteiger partial charge in [0.05, 0.1) is 0 Å². The minimum absolute atomic E-state index is 0.186. The van der Waals surface area contributed by atoms with Crippen LogP contribution >= 0.6 is 0 Å². The fourth-order valence-electron chi connectivity index (χ4n) is 3.03.